The van der Waals surface area contributed by atoms with Gasteiger partial charge in [0.25, 0.3) is 0 Å². The third kappa shape index (κ3) is 2.00. The molecule has 0 spiro atoms. The van der Waals surface area contributed by atoms with Gasteiger partial charge in [-0.05, 0) is 24.5 Å². The standard InChI is InChI=1S/C13H17NO3/c1-8-4-3-5-9-10(12(15)13(16)17)6-7-14(2)11(8)9/h3-5,10,12,15H,6-7H2,1-2H3,(H,16,17). The van der Waals surface area contributed by atoms with E-state index in [1.807, 2.05) is 32.2 Å². The fourth-order valence-electron chi connectivity index (χ4n) is 2.60. The van der Waals surface area contributed by atoms with Gasteiger partial charge in [0.1, 0.15) is 0 Å². The number of carboxylic acids is 1. The summed E-state index contributed by atoms with van der Waals surface area (Å²) in [6, 6.07) is 5.83. The molecule has 17 heavy (non-hydrogen) atoms. The molecule has 0 aliphatic carbocycles. The van der Waals surface area contributed by atoms with E-state index in [1.54, 1.807) is 0 Å². The number of aliphatic hydroxyl groups excluding tert-OH is 1. The van der Waals surface area contributed by atoms with E-state index in [-0.39, 0.29) is 5.92 Å². The van der Waals surface area contributed by atoms with Gasteiger partial charge >= 0.3 is 5.97 Å². The number of fused-ring (bicyclic) bond motifs is 1. The number of hydrogen-bond donors (Lipinski definition) is 2. The third-order valence-corrected chi connectivity index (χ3v) is 3.46. The van der Waals surface area contributed by atoms with Crippen molar-refractivity contribution in [3.05, 3.63) is 29.3 Å². The van der Waals surface area contributed by atoms with Gasteiger partial charge in [-0.1, -0.05) is 18.2 Å². The number of carboxylic acid groups (broad SMARTS) is 1. The highest BCUT2D eigenvalue weighted by atomic mass is 16.4. The van der Waals surface area contributed by atoms with Crippen molar-refractivity contribution in [1.29, 1.82) is 0 Å². The minimum atomic E-state index is -1.32. The van der Waals surface area contributed by atoms with Gasteiger partial charge in [0.15, 0.2) is 6.10 Å². The van der Waals surface area contributed by atoms with Crippen molar-refractivity contribution in [2.75, 3.05) is 18.5 Å². The van der Waals surface area contributed by atoms with E-state index in [1.165, 1.54) is 0 Å². The van der Waals surface area contributed by atoms with Crippen LogP contribution < -0.4 is 4.90 Å². The van der Waals surface area contributed by atoms with Crippen molar-refractivity contribution in [3.63, 3.8) is 0 Å². The molecular weight excluding hydrogens is 218 g/mol. The van der Waals surface area contributed by atoms with Crippen LogP contribution in [0.1, 0.15) is 23.5 Å². The van der Waals surface area contributed by atoms with E-state index < -0.39 is 12.1 Å². The highest BCUT2D eigenvalue weighted by Gasteiger charge is 2.33. The highest BCUT2D eigenvalue weighted by Crippen LogP contribution is 2.38. The Morgan fingerprint density at radius 1 is 1.53 bits per heavy atom. The van der Waals surface area contributed by atoms with E-state index >= 15 is 0 Å². The summed E-state index contributed by atoms with van der Waals surface area (Å²) in [5.41, 5.74) is 3.12. The molecule has 1 aromatic rings. The predicted molar refractivity (Wildman–Crippen MR) is 65.4 cm³/mol. The average Bonchev–Trinajstić information content (AvgIpc) is 2.28. The maximum Gasteiger partial charge on any atom is 0.333 e. The number of para-hydroxylation sites is 1. The molecule has 0 saturated heterocycles. The fourth-order valence-corrected chi connectivity index (χ4v) is 2.60. The molecule has 92 valence electrons. The van der Waals surface area contributed by atoms with Crippen LogP contribution in [0.4, 0.5) is 5.69 Å². The normalized spacial score (nSPS) is 20.9. The number of aliphatic hydroxyl groups is 1. The van der Waals surface area contributed by atoms with Crippen LogP contribution in [0.25, 0.3) is 0 Å². The topological polar surface area (TPSA) is 60.8 Å². The molecule has 0 fully saturated rings. The van der Waals surface area contributed by atoms with Crippen molar-refractivity contribution in [3.8, 4) is 0 Å². The number of benzene rings is 1. The Bertz CT molecular complexity index is 444. The minimum Gasteiger partial charge on any atom is -0.479 e. The van der Waals surface area contributed by atoms with E-state index in [0.717, 1.165) is 23.4 Å². The number of aliphatic carboxylic acids is 1. The first-order valence-electron chi connectivity index (χ1n) is 5.74. The zero-order chi connectivity index (χ0) is 12.6. The molecule has 1 aliphatic rings. The second-order valence-electron chi connectivity index (χ2n) is 4.61. The summed E-state index contributed by atoms with van der Waals surface area (Å²) in [5.74, 6) is -1.45. The van der Waals surface area contributed by atoms with E-state index in [0.29, 0.717) is 6.42 Å². The van der Waals surface area contributed by atoms with Crippen LogP contribution in [-0.2, 0) is 4.79 Å². The zero-order valence-corrected chi connectivity index (χ0v) is 10.1. The lowest BCUT2D eigenvalue weighted by Gasteiger charge is -2.35. The minimum absolute atomic E-state index is 0.307. The third-order valence-electron chi connectivity index (χ3n) is 3.46. The van der Waals surface area contributed by atoms with E-state index in [2.05, 4.69) is 4.90 Å². The second-order valence-corrected chi connectivity index (χ2v) is 4.61. The lowest BCUT2D eigenvalue weighted by molar-refractivity contribution is -0.148. The van der Waals surface area contributed by atoms with E-state index in [9.17, 15) is 9.90 Å². The molecule has 0 bridgehead atoms. The van der Waals surface area contributed by atoms with Crippen LogP contribution in [0.15, 0.2) is 18.2 Å². The van der Waals surface area contributed by atoms with Crippen molar-refractivity contribution in [2.24, 2.45) is 0 Å². The average molecular weight is 235 g/mol. The van der Waals surface area contributed by atoms with Crippen molar-refractivity contribution >= 4 is 11.7 Å². The van der Waals surface area contributed by atoms with Gasteiger partial charge in [-0.3, -0.25) is 0 Å². The molecule has 0 aromatic heterocycles. The molecule has 0 radical (unpaired) electrons. The zero-order valence-electron chi connectivity index (χ0n) is 10.1. The second kappa shape index (κ2) is 4.37. The molecule has 1 aliphatic heterocycles. The molecule has 0 amide bonds. The van der Waals surface area contributed by atoms with Crippen LogP contribution in [-0.4, -0.2) is 35.9 Å². The molecule has 1 heterocycles. The SMILES string of the molecule is Cc1cccc2c1N(C)CCC2C(O)C(=O)O. The maximum absolute atomic E-state index is 10.9. The summed E-state index contributed by atoms with van der Waals surface area (Å²) in [6.45, 7) is 2.78. The van der Waals surface area contributed by atoms with Crippen LogP contribution in [0.5, 0.6) is 0 Å². The quantitative estimate of drug-likeness (QED) is 0.812. The molecule has 1 aromatic carbocycles. The van der Waals surface area contributed by atoms with Crippen LogP contribution in [0.3, 0.4) is 0 Å². The number of nitrogens with zero attached hydrogens (tertiary/aromatic N) is 1. The Labute approximate surface area is 100 Å². The number of carbonyl (C=O) groups is 1. The smallest absolute Gasteiger partial charge is 0.333 e. The Balaban J connectivity index is 2.46. The largest absolute Gasteiger partial charge is 0.479 e. The molecule has 2 rings (SSSR count). The van der Waals surface area contributed by atoms with Gasteiger partial charge in [0.2, 0.25) is 0 Å². The number of anilines is 1. The summed E-state index contributed by atoms with van der Waals surface area (Å²) >= 11 is 0. The van der Waals surface area contributed by atoms with Crippen molar-refractivity contribution < 1.29 is 15.0 Å². The molecule has 2 atom stereocenters. The molecule has 2 N–H and O–H groups in total. The van der Waals surface area contributed by atoms with E-state index in [4.69, 9.17) is 5.11 Å². The lowest BCUT2D eigenvalue weighted by atomic mass is 9.84. The van der Waals surface area contributed by atoms with Gasteiger partial charge in [-0.2, -0.15) is 0 Å². The first-order chi connectivity index (χ1) is 8.02. The number of rotatable bonds is 2. The van der Waals surface area contributed by atoms with Crippen LogP contribution in [0, 0.1) is 6.92 Å². The molecule has 0 saturated carbocycles. The van der Waals surface area contributed by atoms with Gasteiger partial charge in [-0.15, -0.1) is 0 Å². The Kier molecular flexibility index (Phi) is 3.07. The summed E-state index contributed by atoms with van der Waals surface area (Å²) in [5, 5.41) is 18.7. The molecule has 4 heteroatoms. The predicted octanol–water partition coefficient (Wildman–Crippen LogP) is 1.36. The number of hydrogen-bond acceptors (Lipinski definition) is 3. The molecule has 4 nitrogen and oxygen atoms in total. The Morgan fingerprint density at radius 2 is 2.24 bits per heavy atom. The summed E-state index contributed by atoms with van der Waals surface area (Å²) < 4.78 is 0. The first kappa shape index (κ1) is 11.9. The Morgan fingerprint density at radius 3 is 2.88 bits per heavy atom. The van der Waals surface area contributed by atoms with Gasteiger partial charge in [0.05, 0.1) is 0 Å². The lowest BCUT2D eigenvalue weighted by Crippen LogP contribution is -2.36. The fraction of sp³-hybridized carbons (Fsp3) is 0.462. The van der Waals surface area contributed by atoms with Crippen molar-refractivity contribution in [2.45, 2.75) is 25.4 Å². The first-order valence-corrected chi connectivity index (χ1v) is 5.74. The van der Waals surface area contributed by atoms with Gasteiger partial charge < -0.3 is 15.1 Å². The maximum atomic E-state index is 10.9. The highest BCUT2D eigenvalue weighted by molar-refractivity contribution is 5.75. The van der Waals surface area contributed by atoms with Crippen molar-refractivity contribution in [1.82, 2.24) is 0 Å². The van der Waals surface area contributed by atoms with Gasteiger partial charge in [-0.25, -0.2) is 4.79 Å². The molecular formula is C13H17NO3. The summed E-state index contributed by atoms with van der Waals surface area (Å²) in [6.07, 6.45) is -0.648. The van der Waals surface area contributed by atoms with Crippen LogP contribution >= 0.6 is 0 Å². The van der Waals surface area contributed by atoms with Gasteiger partial charge in [0, 0.05) is 25.2 Å². The monoisotopic (exact) mass is 235 g/mol. The number of aryl methyl sites for hydroxylation is 1. The Hall–Kier alpha value is -1.55. The summed E-state index contributed by atoms with van der Waals surface area (Å²) in [4.78, 5) is 13.0. The summed E-state index contributed by atoms with van der Waals surface area (Å²) in [7, 11) is 2.00. The van der Waals surface area contributed by atoms with Crippen LogP contribution in [0.2, 0.25) is 0 Å². The molecule has 2 unspecified atom stereocenters.